The smallest absolute Gasteiger partial charge is 0.259 e. The number of hydrogen-bond donors (Lipinski definition) is 1. The van der Waals surface area contributed by atoms with Gasteiger partial charge in [-0.3, -0.25) is 14.6 Å². The highest BCUT2D eigenvalue weighted by Gasteiger charge is 2.43. The molecule has 1 unspecified atom stereocenters. The van der Waals surface area contributed by atoms with Crippen LogP contribution in [0.25, 0.3) is 0 Å². The second-order valence-electron chi connectivity index (χ2n) is 6.70. The second kappa shape index (κ2) is 8.24. The van der Waals surface area contributed by atoms with Gasteiger partial charge in [-0.05, 0) is 36.1 Å². The lowest BCUT2D eigenvalue weighted by atomic mass is 9.93. The number of amides is 2. The van der Waals surface area contributed by atoms with Crippen molar-refractivity contribution in [2.45, 2.75) is 31.5 Å². The molecule has 7 heteroatoms. The van der Waals surface area contributed by atoms with Crippen LogP contribution in [0.2, 0.25) is 0 Å². The van der Waals surface area contributed by atoms with E-state index in [2.05, 4.69) is 10.3 Å². The van der Waals surface area contributed by atoms with Crippen LogP contribution in [0, 0.1) is 5.82 Å². The van der Waals surface area contributed by atoms with E-state index in [1.165, 1.54) is 17.0 Å². The minimum Gasteiger partial charge on any atom is -0.349 e. The number of halogens is 2. The van der Waals surface area contributed by atoms with Crippen LogP contribution in [0.15, 0.2) is 48.8 Å². The van der Waals surface area contributed by atoms with E-state index in [9.17, 15) is 14.0 Å². The number of benzene rings is 1. The van der Waals surface area contributed by atoms with Gasteiger partial charge in [0.2, 0.25) is 11.6 Å². The number of alkyl halides is 1. The van der Waals surface area contributed by atoms with Crippen LogP contribution >= 0.6 is 0 Å². The number of likely N-dealkylation sites (tertiary alicyclic amines) is 1. The number of carbonyl (C=O) groups excluding carboxylic acids is 2. The molecular formula is C20H21F2N3O2. The third kappa shape index (κ3) is 4.67. The van der Waals surface area contributed by atoms with Gasteiger partial charge < -0.3 is 10.2 Å². The molecule has 0 aliphatic carbocycles. The van der Waals surface area contributed by atoms with Crippen molar-refractivity contribution >= 4 is 11.8 Å². The third-order valence-corrected chi connectivity index (χ3v) is 4.68. The van der Waals surface area contributed by atoms with Gasteiger partial charge in [0, 0.05) is 25.5 Å². The highest BCUT2D eigenvalue weighted by atomic mass is 19.1. The van der Waals surface area contributed by atoms with Crippen LogP contribution < -0.4 is 5.32 Å². The fraction of sp³-hybridized carbons (Fsp3) is 0.350. The summed E-state index contributed by atoms with van der Waals surface area (Å²) in [6.45, 7) is 0.204. The molecule has 1 N–H and O–H groups in total. The molecule has 1 aliphatic heterocycles. The van der Waals surface area contributed by atoms with Crippen LogP contribution in [0.3, 0.4) is 0 Å². The largest absolute Gasteiger partial charge is 0.349 e. The normalized spacial score (nSPS) is 19.6. The predicted octanol–water partition coefficient (Wildman–Crippen LogP) is 2.41. The molecule has 0 bridgehead atoms. The van der Waals surface area contributed by atoms with Gasteiger partial charge in [-0.2, -0.15) is 0 Å². The maximum atomic E-state index is 15.2. The zero-order valence-electron chi connectivity index (χ0n) is 14.8. The fourth-order valence-electron chi connectivity index (χ4n) is 3.17. The van der Waals surface area contributed by atoms with Gasteiger partial charge in [-0.1, -0.05) is 24.3 Å². The minimum atomic E-state index is -2.15. The molecule has 2 amide bonds. The molecule has 27 heavy (non-hydrogen) atoms. The van der Waals surface area contributed by atoms with Crippen LogP contribution in [-0.4, -0.2) is 40.5 Å². The maximum absolute atomic E-state index is 15.2. The van der Waals surface area contributed by atoms with Crippen LogP contribution in [-0.2, 0) is 22.6 Å². The Morgan fingerprint density at radius 2 is 2.04 bits per heavy atom. The first-order valence-corrected chi connectivity index (χ1v) is 8.85. The average Bonchev–Trinajstić information content (AvgIpc) is 2.68. The molecular weight excluding hydrogens is 352 g/mol. The van der Waals surface area contributed by atoms with Crippen molar-refractivity contribution in [2.24, 2.45) is 0 Å². The fourth-order valence-corrected chi connectivity index (χ4v) is 3.17. The van der Waals surface area contributed by atoms with Crippen LogP contribution in [0.5, 0.6) is 0 Å². The molecule has 0 spiro atoms. The topological polar surface area (TPSA) is 62.3 Å². The van der Waals surface area contributed by atoms with Crippen molar-refractivity contribution < 1.29 is 18.4 Å². The lowest BCUT2D eigenvalue weighted by Crippen LogP contribution is -2.55. The average molecular weight is 373 g/mol. The van der Waals surface area contributed by atoms with Gasteiger partial charge in [-0.25, -0.2) is 8.78 Å². The van der Waals surface area contributed by atoms with E-state index in [4.69, 9.17) is 0 Å². The zero-order valence-corrected chi connectivity index (χ0v) is 14.8. The second-order valence-corrected chi connectivity index (χ2v) is 6.70. The standard InChI is InChI=1S/C20H21F2N3O2/c21-17-7-2-1-6-16(17)11-18(26)25-10-4-8-20(22,14-25)19(27)24-13-15-5-3-9-23-12-15/h1-3,5-7,9,12H,4,8,10-11,13-14H2,(H,24,27). The Hall–Kier alpha value is -2.83. The van der Waals surface area contributed by atoms with E-state index in [1.807, 2.05) is 0 Å². The first-order valence-electron chi connectivity index (χ1n) is 8.85. The number of nitrogens with one attached hydrogen (secondary N) is 1. The van der Waals surface area contributed by atoms with Crippen LogP contribution in [0.4, 0.5) is 8.78 Å². The van der Waals surface area contributed by atoms with E-state index in [1.54, 1.807) is 36.7 Å². The Balaban J connectivity index is 1.60. The zero-order chi connectivity index (χ0) is 19.3. The van der Waals surface area contributed by atoms with Gasteiger partial charge >= 0.3 is 0 Å². The van der Waals surface area contributed by atoms with E-state index in [0.717, 1.165) is 5.56 Å². The molecule has 1 aromatic carbocycles. The number of carbonyl (C=O) groups is 2. The van der Waals surface area contributed by atoms with Crippen molar-refractivity contribution in [1.29, 1.82) is 0 Å². The van der Waals surface area contributed by atoms with Crippen molar-refractivity contribution in [3.8, 4) is 0 Å². The van der Waals surface area contributed by atoms with E-state index < -0.39 is 17.4 Å². The Labute approximate surface area is 156 Å². The highest BCUT2D eigenvalue weighted by Crippen LogP contribution is 2.26. The summed E-state index contributed by atoms with van der Waals surface area (Å²) in [4.78, 5) is 30.1. The van der Waals surface area contributed by atoms with Gasteiger partial charge in [0.1, 0.15) is 5.82 Å². The molecule has 1 saturated heterocycles. The van der Waals surface area contributed by atoms with E-state index in [0.29, 0.717) is 13.0 Å². The summed E-state index contributed by atoms with van der Waals surface area (Å²) in [7, 11) is 0. The summed E-state index contributed by atoms with van der Waals surface area (Å²) in [5.41, 5.74) is -1.12. The Bertz CT molecular complexity index is 816. The maximum Gasteiger partial charge on any atom is 0.259 e. The minimum absolute atomic E-state index is 0.0509. The Morgan fingerprint density at radius 1 is 1.22 bits per heavy atom. The molecule has 0 radical (unpaired) electrons. The summed E-state index contributed by atoms with van der Waals surface area (Å²) in [5, 5.41) is 2.58. The number of nitrogens with zero attached hydrogens (tertiary/aromatic N) is 2. The first-order chi connectivity index (χ1) is 13.0. The molecule has 0 saturated carbocycles. The summed E-state index contributed by atoms with van der Waals surface area (Å²) in [5.74, 6) is -1.60. The number of rotatable bonds is 5. The van der Waals surface area contributed by atoms with E-state index >= 15 is 4.39 Å². The Kier molecular flexibility index (Phi) is 5.78. The molecule has 1 aromatic heterocycles. The molecule has 142 valence electrons. The van der Waals surface area contributed by atoms with Crippen molar-refractivity contribution in [3.05, 3.63) is 65.7 Å². The summed E-state index contributed by atoms with van der Waals surface area (Å²) in [6.07, 6.45) is 3.48. The number of aromatic nitrogens is 1. The number of pyridine rings is 1. The molecule has 2 heterocycles. The van der Waals surface area contributed by atoms with Gasteiger partial charge in [0.15, 0.2) is 0 Å². The summed E-state index contributed by atoms with van der Waals surface area (Å²) < 4.78 is 28.9. The van der Waals surface area contributed by atoms with Gasteiger partial charge in [0.05, 0.1) is 13.0 Å². The molecule has 1 atom stereocenters. The van der Waals surface area contributed by atoms with Crippen molar-refractivity contribution in [2.75, 3.05) is 13.1 Å². The SMILES string of the molecule is O=C(Cc1ccccc1F)N1CCCC(F)(C(=O)NCc2cccnc2)C1. The summed E-state index contributed by atoms with van der Waals surface area (Å²) in [6, 6.07) is 9.51. The number of hydrogen-bond acceptors (Lipinski definition) is 3. The van der Waals surface area contributed by atoms with Crippen molar-refractivity contribution in [3.63, 3.8) is 0 Å². The van der Waals surface area contributed by atoms with Crippen LogP contribution in [0.1, 0.15) is 24.0 Å². The molecule has 2 aromatic rings. The summed E-state index contributed by atoms with van der Waals surface area (Å²) >= 11 is 0. The Morgan fingerprint density at radius 3 is 2.78 bits per heavy atom. The molecule has 5 nitrogen and oxygen atoms in total. The quantitative estimate of drug-likeness (QED) is 0.876. The highest BCUT2D eigenvalue weighted by molar-refractivity contribution is 5.87. The lowest BCUT2D eigenvalue weighted by molar-refractivity contribution is -0.143. The number of piperidine rings is 1. The lowest BCUT2D eigenvalue weighted by Gasteiger charge is -2.36. The molecule has 3 rings (SSSR count). The van der Waals surface area contributed by atoms with Crippen molar-refractivity contribution in [1.82, 2.24) is 15.2 Å². The third-order valence-electron chi connectivity index (χ3n) is 4.68. The first kappa shape index (κ1) is 18.9. The molecule has 1 aliphatic rings. The monoisotopic (exact) mass is 373 g/mol. The van der Waals surface area contributed by atoms with Gasteiger partial charge in [0.25, 0.3) is 5.91 Å². The molecule has 1 fully saturated rings. The van der Waals surface area contributed by atoms with E-state index in [-0.39, 0.29) is 37.4 Å². The van der Waals surface area contributed by atoms with Gasteiger partial charge in [-0.15, -0.1) is 0 Å². The predicted molar refractivity (Wildman–Crippen MR) is 95.8 cm³/mol.